The van der Waals surface area contributed by atoms with E-state index in [0.29, 0.717) is 0 Å². The molecule has 0 atom stereocenters. The van der Waals surface area contributed by atoms with Crippen LogP contribution in [0.3, 0.4) is 0 Å². The molecule has 0 nitrogen and oxygen atoms in total. The molecule has 0 saturated heterocycles. The average Bonchev–Trinajstić information content (AvgIpc) is 2.99. The third-order valence-electron chi connectivity index (χ3n) is 5.58. The summed E-state index contributed by atoms with van der Waals surface area (Å²) in [5.41, 5.74) is 13.5. The lowest BCUT2D eigenvalue weighted by Gasteiger charge is -2.23. The summed E-state index contributed by atoms with van der Waals surface area (Å²) in [6, 6.07) is 20.7. The quantitative estimate of drug-likeness (QED) is 0.430. The number of hydrogen-bond acceptors (Lipinski definition) is 0. The lowest BCUT2D eigenvalue weighted by atomic mass is 9.81. The zero-order chi connectivity index (χ0) is 15.4. The van der Waals surface area contributed by atoms with Gasteiger partial charge in [-0.1, -0.05) is 61.5 Å². The molecule has 0 aliphatic heterocycles. The minimum Gasteiger partial charge on any atom is -0.0619 e. The van der Waals surface area contributed by atoms with Crippen molar-refractivity contribution in [1.82, 2.24) is 0 Å². The van der Waals surface area contributed by atoms with Crippen molar-refractivity contribution in [2.24, 2.45) is 0 Å². The molecule has 3 aromatic carbocycles. The van der Waals surface area contributed by atoms with E-state index in [1.54, 1.807) is 11.1 Å². The summed E-state index contributed by atoms with van der Waals surface area (Å²) in [4.78, 5) is 0. The molecule has 0 amide bonds. The van der Waals surface area contributed by atoms with Gasteiger partial charge in [0.2, 0.25) is 0 Å². The summed E-state index contributed by atoms with van der Waals surface area (Å²) in [5.74, 6) is 0. The maximum Gasteiger partial charge on any atom is -0.000718 e. The van der Waals surface area contributed by atoms with Gasteiger partial charge in [0, 0.05) is 0 Å². The molecular formula is C23H20. The summed E-state index contributed by atoms with van der Waals surface area (Å²) in [6.45, 7) is 2.24. The monoisotopic (exact) mass is 296 g/mol. The van der Waals surface area contributed by atoms with E-state index in [0.717, 1.165) is 12.8 Å². The molecular weight excluding hydrogens is 276 g/mol. The number of aryl methyl sites for hydroxylation is 3. The Kier molecular flexibility index (Phi) is 2.76. The Morgan fingerprint density at radius 2 is 1.57 bits per heavy atom. The van der Waals surface area contributed by atoms with Crippen molar-refractivity contribution in [3.05, 3.63) is 82.4 Å². The van der Waals surface area contributed by atoms with Gasteiger partial charge >= 0.3 is 0 Å². The summed E-state index contributed by atoms with van der Waals surface area (Å²) in [5, 5.41) is 0. The van der Waals surface area contributed by atoms with Crippen LogP contribution in [0.1, 0.15) is 34.7 Å². The van der Waals surface area contributed by atoms with Crippen LogP contribution in [0.15, 0.2) is 54.6 Å². The van der Waals surface area contributed by atoms with Gasteiger partial charge in [-0.25, -0.2) is 0 Å². The van der Waals surface area contributed by atoms with Crippen molar-refractivity contribution in [3.8, 4) is 22.3 Å². The fourth-order valence-electron chi connectivity index (χ4n) is 4.39. The number of rotatable bonds is 1. The first kappa shape index (κ1) is 13.1. The summed E-state index contributed by atoms with van der Waals surface area (Å²) in [7, 11) is 0. The van der Waals surface area contributed by atoms with Crippen LogP contribution in [0.5, 0.6) is 0 Å². The highest BCUT2D eigenvalue weighted by molar-refractivity contribution is 5.88. The SMILES string of the molecule is CCc1ccc2c(c1)CCc1ccc3c(c1-2)Cc1ccccc1-3. The predicted octanol–water partition coefficient (Wildman–Crippen LogP) is 5.59. The lowest BCUT2D eigenvalue weighted by molar-refractivity contribution is 0.931. The first-order chi connectivity index (χ1) is 11.3. The minimum atomic E-state index is 1.09. The Hall–Kier alpha value is -2.34. The second kappa shape index (κ2) is 4.83. The maximum atomic E-state index is 2.43. The molecule has 5 rings (SSSR count). The van der Waals surface area contributed by atoms with Crippen LogP contribution in [-0.2, 0) is 25.7 Å². The molecule has 0 radical (unpaired) electrons. The minimum absolute atomic E-state index is 1.09. The molecule has 0 heteroatoms. The van der Waals surface area contributed by atoms with Gasteiger partial charge in [-0.2, -0.15) is 0 Å². The van der Waals surface area contributed by atoms with E-state index in [1.807, 2.05) is 0 Å². The van der Waals surface area contributed by atoms with Crippen molar-refractivity contribution in [2.45, 2.75) is 32.6 Å². The summed E-state index contributed by atoms with van der Waals surface area (Å²) < 4.78 is 0. The highest BCUT2D eigenvalue weighted by Gasteiger charge is 2.26. The van der Waals surface area contributed by atoms with Crippen molar-refractivity contribution in [2.75, 3.05) is 0 Å². The van der Waals surface area contributed by atoms with Gasteiger partial charge in [-0.05, 0) is 75.8 Å². The highest BCUT2D eigenvalue weighted by Crippen LogP contribution is 2.45. The van der Waals surface area contributed by atoms with Gasteiger partial charge in [0.15, 0.2) is 0 Å². The molecule has 0 N–H and O–H groups in total. The molecule has 0 aromatic heterocycles. The van der Waals surface area contributed by atoms with E-state index >= 15 is 0 Å². The second-order valence-electron chi connectivity index (χ2n) is 6.80. The number of hydrogen-bond donors (Lipinski definition) is 0. The zero-order valence-corrected chi connectivity index (χ0v) is 13.5. The Morgan fingerprint density at radius 1 is 0.739 bits per heavy atom. The smallest absolute Gasteiger partial charge is 0.000718 e. The van der Waals surface area contributed by atoms with Crippen LogP contribution in [-0.4, -0.2) is 0 Å². The Bertz CT molecular complexity index is 931. The molecule has 0 heterocycles. The Morgan fingerprint density at radius 3 is 2.48 bits per heavy atom. The second-order valence-corrected chi connectivity index (χ2v) is 6.80. The van der Waals surface area contributed by atoms with Crippen molar-refractivity contribution in [1.29, 1.82) is 0 Å². The van der Waals surface area contributed by atoms with Crippen molar-refractivity contribution >= 4 is 0 Å². The van der Waals surface area contributed by atoms with Crippen molar-refractivity contribution in [3.63, 3.8) is 0 Å². The van der Waals surface area contributed by atoms with Gasteiger partial charge in [-0.15, -0.1) is 0 Å². The Balaban J connectivity index is 1.76. The molecule has 2 aliphatic rings. The topological polar surface area (TPSA) is 0 Å². The van der Waals surface area contributed by atoms with E-state index in [9.17, 15) is 0 Å². The van der Waals surface area contributed by atoms with E-state index in [4.69, 9.17) is 0 Å². The first-order valence-electron chi connectivity index (χ1n) is 8.70. The van der Waals surface area contributed by atoms with Crippen LogP contribution in [0.4, 0.5) is 0 Å². The molecule has 2 aliphatic carbocycles. The lowest BCUT2D eigenvalue weighted by Crippen LogP contribution is -2.07. The number of fused-ring (bicyclic) bond motifs is 7. The van der Waals surface area contributed by atoms with Gasteiger partial charge in [0.1, 0.15) is 0 Å². The molecule has 23 heavy (non-hydrogen) atoms. The maximum absolute atomic E-state index is 2.43. The van der Waals surface area contributed by atoms with E-state index in [-0.39, 0.29) is 0 Å². The van der Waals surface area contributed by atoms with E-state index in [2.05, 4.69) is 61.5 Å². The van der Waals surface area contributed by atoms with Gasteiger partial charge < -0.3 is 0 Å². The predicted molar refractivity (Wildman–Crippen MR) is 96.9 cm³/mol. The third kappa shape index (κ3) is 1.84. The van der Waals surface area contributed by atoms with Crippen LogP contribution >= 0.6 is 0 Å². The van der Waals surface area contributed by atoms with Crippen LogP contribution in [0.25, 0.3) is 22.3 Å². The molecule has 112 valence electrons. The molecule has 0 bridgehead atoms. The van der Waals surface area contributed by atoms with Crippen LogP contribution in [0, 0.1) is 0 Å². The van der Waals surface area contributed by atoms with Crippen LogP contribution < -0.4 is 0 Å². The molecule has 0 fully saturated rings. The number of benzene rings is 3. The van der Waals surface area contributed by atoms with Gasteiger partial charge in [0.05, 0.1) is 0 Å². The standard InChI is InChI=1S/C23H20/c1-2-15-7-11-20-18(13-15)9-8-16-10-12-21-19-6-4-3-5-17(19)14-22(21)23(16)20/h3-7,10-13H,2,8-9,14H2,1H3. The highest BCUT2D eigenvalue weighted by atomic mass is 14.3. The summed E-state index contributed by atoms with van der Waals surface area (Å²) in [6.07, 6.45) is 4.57. The molecule has 3 aromatic rings. The van der Waals surface area contributed by atoms with Gasteiger partial charge in [-0.3, -0.25) is 0 Å². The summed E-state index contributed by atoms with van der Waals surface area (Å²) >= 11 is 0. The largest absolute Gasteiger partial charge is 0.0619 e. The van der Waals surface area contributed by atoms with Crippen molar-refractivity contribution < 1.29 is 0 Å². The first-order valence-corrected chi connectivity index (χ1v) is 8.70. The molecule has 0 saturated carbocycles. The van der Waals surface area contributed by atoms with Crippen LogP contribution in [0.2, 0.25) is 0 Å². The fourth-order valence-corrected chi connectivity index (χ4v) is 4.39. The van der Waals surface area contributed by atoms with Gasteiger partial charge in [0.25, 0.3) is 0 Å². The fraction of sp³-hybridized carbons (Fsp3) is 0.217. The molecule has 0 spiro atoms. The average molecular weight is 296 g/mol. The Labute approximate surface area is 137 Å². The molecule has 0 unspecified atom stereocenters. The van der Waals surface area contributed by atoms with E-state index in [1.165, 1.54) is 51.8 Å². The zero-order valence-electron chi connectivity index (χ0n) is 13.5. The normalized spacial score (nSPS) is 14.0. The van der Waals surface area contributed by atoms with E-state index < -0.39 is 0 Å². The third-order valence-corrected chi connectivity index (χ3v) is 5.58.